The Morgan fingerprint density at radius 1 is 1.08 bits per heavy atom. The third-order valence-corrected chi connectivity index (χ3v) is 6.54. The lowest BCUT2D eigenvalue weighted by molar-refractivity contribution is -0.140. The molecule has 0 aliphatic heterocycles. The van der Waals surface area contributed by atoms with Gasteiger partial charge in [-0.15, -0.1) is 0 Å². The Morgan fingerprint density at radius 2 is 1.81 bits per heavy atom. The van der Waals surface area contributed by atoms with Crippen LogP contribution in [0.15, 0.2) is 71.6 Å². The minimum atomic E-state index is -1.17. The summed E-state index contributed by atoms with van der Waals surface area (Å²) < 4.78 is 18.7. The number of nitrogen functional groups attached to an aromatic ring is 1. The highest BCUT2D eigenvalue weighted by Crippen LogP contribution is 2.30. The van der Waals surface area contributed by atoms with Crippen LogP contribution in [-0.2, 0) is 20.3 Å². The number of nitrogens with two attached hydrogens (primary N) is 1. The van der Waals surface area contributed by atoms with Crippen LogP contribution in [0.1, 0.15) is 22.3 Å². The topological polar surface area (TPSA) is 140 Å². The molecule has 0 fully saturated rings. The number of amidine groups is 1. The number of amides is 1. The van der Waals surface area contributed by atoms with Crippen LogP contribution in [0.5, 0.6) is 0 Å². The summed E-state index contributed by atoms with van der Waals surface area (Å²) in [5.41, 5.74) is 9.49. The van der Waals surface area contributed by atoms with Crippen LogP contribution in [0.3, 0.4) is 0 Å². The normalized spacial score (nSPS) is 11.7. The highest BCUT2D eigenvalue weighted by Gasteiger charge is 2.17. The largest absolute Gasteiger partial charge is 0.469 e. The summed E-state index contributed by atoms with van der Waals surface area (Å²) >= 11 is 0. The van der Waals surface area contributed by atoms with Crippen molar-refractivity contribution in [1.29, 1.82) is 5.41 Å². The van der Waals surface area contributed by atoms with Crippen molar-refractivity contribution >= 4 is 39.5 Å². The van der Waals surface area contributed by atoms with Crippen LogP contribution >= 0.6 is 0 Å². The molecule has 184 valence electrons. The third-order valence-electron chi connectivity index (χ3n) is 5.62. The third kappa shape index (κ3) is 5.18. The number of methoxy groups -OCH3 is 1. The number of esters is 1. The molecule has 0 spiro atoms. The molecule has 1 heterocycles. The van der Waals surface area contributed by atoms with E-state index in [1.54, 1.807) is 42.7 Å². The Balaban J connectivity index is 1.80. The molecule has 0 bridgehead atoms. The Bertz CT molecular complexity index is 1490. The van der Waals surface area contributed by atoms with Crippen molar-refractivity contribution in [2.75, 3.05) is 19.9 Å². The molecule has 4 rings (SSSR count). The summed E-state index contributed by atoms with van der Waals surface area (Å²) in [6, 6.07) is 19.7. The molecule has 0 radical (unpaired) electrons. The summed E-state index contributed by atoms with van der Waals surface area (Å²) in [5.74, 6) is -0.148. The van der Waals surface area contributed by atoms with Gasteiger partial charge >= 0.3 is 5.97 Å². The van der Waals surface area contributed by atoms with E-state index in [1.807, 2.05) is 34.9 Å². The molecule has 3 aromatic carbocycles. The predicted octanol–water partition coefficient (Wildman–Crippen LogP) is 3.01. The first-order valence-corrected chi connectivity index (χ1v) is 12.6. The summed E-state index contributed by atoms with van der Waals surface area (Å²) in [4.78, 5) is 29.5. The smallest absolute Gasteiger partial charge is 0.307 e. The molecule has 1 unspecified atom stereocenters. The SMILES string of the molecule is COC(=O)CCNC(=O)c1ccc2c(c1)nc(-c1ccc(C(=N)N)cc1)n2-c1cccc(S(C)=O)c1. The summed E-state index contributed by atoms with van der Waals surface area (Å²) in [5, 5.41) is 10.4. The first kappa shape index (κ1) is 24.8. The van der Waals surface area contributed by atoms with Crippen molar-refractivity contribution < 1.29 is 18.5 Å². The van der Waals surface area contributed by atoms with Gasteiger partial charge in [0, 0.05) is 50.9 Å². The van der Waals surface area contributed by atoms with Crippen molar-refractivity contribution in [3.63, 3.8) is 0 Å². The molecule has 1 amide bonds. The quantitative estimate of drug-likeness (QED) is 0.192. The second-order valence-corrected chi connectivity index (χ2v) is 9.38. The number of hydrogen-bond acceptors (Lipinski definition) is 6. The number of rotatable bonds is 8. The molecule has 4 N–H and O–H groups in total. The van der Waals surface area contributed by atoms with Crippen molar-refractivity contribution in [2.45, 2.75) is 11.3 Å². The number of benzene rings is 3. The van der Waals surface area contributed by atoms with Crippen LogP contribution in [0.2, 0.25) is 0 Å². The van der Waals surface area contributed by atoms with E-state index < -0.39 is 16.8 Å². The lowest BCUT2D eigenvalue weighted by Crippen LogP contribution is -2.26. The molecule has 1 atom stereocenters. The van der Waals surface area contributed by atoms with Gasteiger partial charge in [0.15, 0.2) is 0 Å². The van der Waals surface area contributed by atoms with Gasteiger partial charge in [0.25, 0.3) is 5.91 Å². The lowest BCUT2D eigenvalue weighted by atomic mass is 10.1. The van der Waals surface area contributed by atoms with Gasteiger partial charge in [0.05, 0.1) is 24.6 Å². The molecule has 4 aromatic rings. The van der Waals surface area contributed by atoms with E-state index in [-0.39, 0.29) is 24.7 Å². The monoisotopic (exact) mass is 503 g/mol. The zero-order chi connectivity index (χ0) is 25.8. The predicted molar refractivity (Wildman–Crippen MR) is 139 cm³/mol. The van der Waals surface area contributed by atoms with E-state index in [0.29, 0.717) is 27.4 Å². The number of nitrogens with one attached hydrogen (secondary N) is 2. The van der Waals surface area contributed by atoms with E-state index in [4.69, 9.17) is 16.1 Å². The first-order valence-electron chi connectivity index (χ1n) is 11.0. The molecule has 0 aliphatic rings. The van der Waals surface area contributed by atoms with Crippen molar-refractivity contribution in [3.8, 4) is 17.1 Å². The summed E-state index contributed by atoms with van der Waals surface area (Å²) in [6.07, 6.45) is 1.70. The van der Waals surface area contributed by atoms with Gasteiger partial charge in [0.1, 0.15) is 11.7 Å². The minimum Gasteiger partial charge on any atom is -0.469 e. The molecular formula is C26H25N5O4S. The molecule has 0 saturated carbocycles. The lowest BCUT2D eigenvalue weighted by Gasteiger charge is -2.11. The van der Waals surface area contributed by atoms with E-state index in [2.05, 4.69) is 10.1 Å². The van der Waals surface area contributed by atoms with Gasteiger partial charge < -0.3 is 15.8 Å². The Hall–Kier alpha value is -4.31. The van der Waals surface area contributed by atoms with E-state index in [9.17, 15) is 13.8 Å². The average molecular weight is 504 g/mol. The minimum absolute atomic E-state index is 0.0315. The van der Waals surface area contributed by atoms with Gasteiger partial charge in [-0.25, -0.2) is 4.98 Å². The first-order chi connectivity index (χ1) is 17.3. The van der Waals surface area contributed by atoms with Gasteiger partial charge in [-0.1, -0.05) is 30.3 Å². The van der Waals surface area contributed by atoms with Crippen molar-refractivity contribution in [2.24, 2.45) is 5.73 Å². The van der Waals surface area contributed by atoms with Crippen LogP contribution in [0.25, 0.3) is 28.1 Å². The maximum atomic E-state index is 12.6. The highest BCUT2D eigenvalue weighted by atomic mass is 32.2. The molecule has 10 heteroatoms. The number of fused-ring (bicyclic) bond motifs is 1. The Kier molecular flexibility index (Phi) is 7.25. The van der Waals surface area contributed by atoms with Gasteiger partial charge in [-0.3, -0.25) is 23.8 Å². The van der Waals surface area contributed by atoms with Crippen LogP contribution < -0.4 is 11.1 Å². The van der Waals surface area contributed by atoms with Gasteiger partial charge in [-0.05, 0) is 36.4 Å². The standard InChI is InChI=1S/C26H25N5O4S/c1-35-23(32)12-13-29-26(33)18-10-11-22-21(14-18)30-25(17-8-6-16(7-9-17)24(27)28)31(22)19-4-3-5-20(15-19)36(2)34/h3-11,14-15H,12-13H2,1-2H3,(H3,27,28)(H,29,33). The van der Waals surface area contributed by atoms with Crippen molar-refractivity contribution in [3.05, 3.63) is 77.9 Å². The highest BCUT2D eigenvalue weighted by molar-refractivity contribution is 7.84. The number of aromatic nitrogens is 2. The fraction of sp³-hybridized carbons (Fsp3) is 0.154. The number of imidazole rings is 1. The molecule has 9 nitrogen and oxygen atoms in total. The molecular weight excluding hydrogens is 478 g/mol. The fourth-order valence-corrected chi connectivity index (χ4v) is 4.32. The summed E-state index contributed by atoms with van der Waals surface area (Å²) in [6.45, 7) is 0.159. The maximum absolute atomic E-state index is 12.6. The second kappa shape index (κ2) is 10.5. The summed E-state index contributed by atoms with van der Waals surface area (Å²) in [7, 11) is 0.131. The van der Waals surface area contributed by atoms with Gasteiger partial charge in [-0.2, -0.15) is 0 Å². The number of hydrogen-bond donors (Lipinski definition) is 3. The molecule has 36 heavy (non-hydrogen) atoms. The second-order valence-electron chi connectivity index (χ2n) is 8.00. The Labute approximate surface area is 210 Å². The van der Waals surface area contributed by atoms with E-state index in [0.717, 1.165) is 16.8 Å². The molecule has 1 aromatic heterocycles. The van der Waals surface area contributed by atoms with Crippen LogP contribution in [0, 0.1) is 5.41 Å². The van der Waals surface area contributed by atoms with E-state index in [1.165, 1.54) is 7.11 Å². The van der Waals surface area contributed by atoms with Crippen LogP contribution in [0.4, 0.5) is 0 Å². The number of carbonyl (C=O) groups excluding carboxylic acids is 2. The zero-order valence-electron chi connectivity index (χ0n) is 19.8. The maximum Gasteiger partial charge on any atom is 0.307 e. The molecule has 0 saturated heterocycles. The van der Waals surface area contributed by atoms with Crippen molar-refractivity contribution in [1.82, 2.24) is 14.9 Å². The van der Waals surface area contributed by atoms with Gasteiger partial charge in [0.2, 0.25) is 0 Å². The molecule has 0 aliphatic carbocycles. The number of nitrogens with zero attached hydrogens (tertiary/aromatic N) is 2. The number of carbonyl (C=O) groups is 2. The Morgan fingerprint density at radius 3 is 2.47 bits per heavy atom. The zero-order valence-corrected chi connectivity index (χ0v) is 20.6. The van der Waals surface area contributed by atoms with E-state index >= 15 is 0 Å². The van der Waals surface area contributed by atoms with Crippen LogP contribution in [-0.4, -0.2) is 51.4 Å². The number of ether oxygens (including phenoxy) is 1. The average Bonchev–Trinajstić information content (AvgIpc) is 3.27. The fourth-order valence-electron chi connectivity index (χ4n) is 3.76.